The number of carbonyl (C=O) groups is 1. The molecule has 2 heterocycles. The number of pyridine rings is 1. The first-order valence-corrected chi connectivity index (χ1v) is 6.90. The predicted octanol–water partition coefficient (Wildman–Crippen LogP) is 1.73. The predicted molar refractivity (Wildman–Crippen MR) is 78.4 cm³/mol. The van der Waals surface area contributed by atoms with E-state index in [9.17, 15) is 4.79 Å². The van der Waals surface area contributed by atoms with E-state index in [1.54, 1.807) is 18.3 Å². The van der Waals surface area contributed by atoms with E-state index in [2.05, 4.69) is 22.1 Å². The lowest BCUT2D eigenvalue weighted by atomic mass is 10.2. The zero-order valence-electron chi connectivity index (χ0n) is 11.0. The maximum atomic E-state index is 12.0. The summed E-state index contributed by atoms with van der Waals surface area (Å²) in [7, 11) is 0. The Bertz CT molecular complexity index is 651. The van der Waals surface area contributed by atoms with E-state index < -0.39 is 0 Å². The lowest BCUT2D eigenvalue weighted by molar-refractivity contribution is 0.0955. The van der Waals surface area contributed by atoms with Crippen molar-refractivity contribution in [2.45, 2.75) is 13.5 Å². The molecule has 0 atom stereocenters. The maximum absolute atomic E-state index is 12.0. The third kappa shape index (κ3) is 3.92. The second-order valence-corrected chi connectivity index (χ2v) is 5.20. The summed E-state index contributed by atoms with van der Waals surface area (Å²) in [6, 6.07) is 7.36. The van der Waals surface area contributed by atoms with Crippen LogP contribution in [0, 0.1) is 18.8 Å². The minimum Gasteiger partial charge on any atom is -0.384 e. The van der Waals surface area contributed by atoms with Crippen LogP contribution < -0.4 is 5.32 Å². The second kappa shape index (κ2) is 6.85. The first kappa shape index (κ1) is 14.3. The van der Waals surface area contributed by atoms with Gasteiger partial charge in [0.15, 0.2) is 0 Å². The number of hydrogen-bond acceptors (Lipinski definition) is 4. The molecule has 0 aliphatic rings. The topological polar surface area (TPSA) is 62.2 Å². The van der Waals surface area contributed by atoms with E-state index in [0.717, 1.165) is 16.1 Å². The molecule has 0 radical (unpaired) electrons. The van der Waals surface area contributed by atoms with Gasteiger partial charge in [0.2, 0.25) is 0 Å². The average Bonchev–Trinajstić information content (AvgIpc) is 2.93. The molecule has 0 aromatic carbocycles. The van der Waals surface area contributed by atoms with Crippen LogP contribution in [0.4, 0.5) is 0 Å². The summed E-state index contributed by atoms with van der Waals surface area (Å²) >= 11 is 1.31. The third-order valence-corrected chi connectivity index (χ3v) is 3.55. The van der Waals surface area contributed by atoms with Crippen LogP contribution in [0.3, 0.4) is 0 Å². The fourth-order valence-electron chi connectivity index (χ4n) is 1.53. The van der Waals surface area contributed by atoms with Gasteiger partial charge in [0.25, 0.3) is 5.91 Å². The Kier molecular flexibility index (Phi) is 4.88. The fraction of sp³-hybridized carbons (Fsp3) is 0.200. The molecule has 0 spiro atoms. The number of aliphatic hydroxyl groups excluding tert-OH is 1. The van der Waals surface area contributed by atoms with Crippen LogP contribution in [0.2, 0.25) is 0 Å². The Balaban J connectivity index is 1.94. The van der Waals surface area contributed by atoms with Gasteiger partial charge in [-0.1, -0.05) is 17.9 Å². The van der Waals surface area contributed by atoms with E-state index in [0.29, 0.717) is 11.4 Å². The molecule has 2 rings (SSSR count). The zero-order chi connectivity index (χ0) is 14.4. The van der Waals surface area contributed by atoms with Crippen LogP contribution in [-0.4, -0.2) is 22.6 Å². The molecule has 2 aromatic heterocycles. The van der Waals surface area contributed by atoms with Crippen molar-refractivity contribution in [3.05, 3.63) is 51.5 Å². The number of amides is 1. The highest BCUT2D eigenvalue weighted by molar-refractivity contribution is 7.14. The van der Waals surface area contributed by atoms with Gasteiger partial charge >= 0.3 is 0 Å². The summed E-state index contributed by atoms with van der Waals surface area (Å²) in [6.07, 6.45) is 1.75. The van der Waals surface area contributed by atoms with Gasteiger partial charge in [-0.3, -0.25) is 9.78 Å². The lowest BCUT2D eigenvalue weighted by Gasteiger charge is -2.03. The number of nitrogens with zero attached hydrogens (tertiary/aromatic N) is 1. The van der Waals surface area contributed by atoms with Gasteiger partial charge in [-0.15, -0.1) is 11.3 Å². The number of nitrogens with one attached hydrogen (secondary N) is 1. The maximum Gasteiger partial charge on any atom is 0.261 e. The highest BCUT2D eigenvalue weighted by Crippen LogP contribution is 2.15. The van der Waals surface area contributed by atoms with E-state index >= 15 is 0 Å². The van der Waals surface area contributed by atoms with Crippen LogP contribution in [-0.2, 0) is 6.54 Å². The van der Waals surface area contributed by atoms with Crippen molar-refractivity contribution in [1.29, 1.82) is 0 Å². The van der Waals surface area contributed by atoms with E-state index in [-0.39, 0.29) is 12.5 Å². The summed E-state index contributed by atoms with van der Waals surface area (Å²) in [5, 5.41) is 11.5. The van der Waals surface area contributed by atoms with Crippen molar-refractivity contribution in [3.8, 4) is 11.8 Å². The molecule has 1 amide bonds. The molecular weight excluding hydrogens is 272 g/mol. The second-order valence-electron chi connectivity index (χ2n) is 4.11. The number of aliphatic hydroxyl groups is 1. The SMILES string of the molecule is Cc1ccc(CNC(=O)c2ccc(C#CCO)s2)cn1. The summed E-state index contributed by atoms with van der Waals surface area (Å²) in [5.74, 6) is 5.20. The summed E-state index contributed by atoms with van der Waals surface area (Å²) in [4.78, 5) is 17.5. The molecule has 4 nitrogen and oxygen atoms in total. The number of aryl methyl sites for hydroxylation is 1. The quantitative estimate of drug-likeness (QED) is 0.845. The molecule has 2 N–H and O–H groups in total. The molecule has 0 unspecified atom stereocenters. The molecule has 0 aliphatic heterocycles. The Labute approximate surface area is 121 Å². The van der Waals surface area contributed by atoms with Gasteiger partial charge in [-0.05, 0) is 30.7 Å². The average molecular weight is 286 g/mol. The van der Waals surface area contributed by atoms with E-state index in [4.69, 9.17) is 5.11 Å². The Hall–Kier alpha value is -2.16. The Morgan fingerprint density at radius 3 is 2.95 bits per heavy atom. The number of carbonyl (C=O) groups excluding carboxylic acids is 1. The van der Waals surface area contributed by atoms with Crippen LogP contribution >= 0.6 is 11.3 Å². The third-order valence-electron chi connectivity index (χ3n) is 2.55. The van der Waals surface area contributed by atoms with Gasteiger partial charge < -0.3 is 10.4 Å². The Morgan fingerprint density at radius 1 is 1.40 bits per heavy atom. The van der Waals surface area contributed by atoms with E-state index in [1.807, 2.05) is 19.1 Å². The fourth-order valence-corrected chi connectivity index (χ4v) is 2.32. The number of aromatic nitrogens is 1. The first-order chi connectivity index (χ1) is 9.69. The minimum absolute atomic E-state index is 0.132. The molecule has 0 saturated carbocycles. The van der Waals surface area contributed by atoms with Crippen LogP contribution in [0.5, 0.6) is 0 Å². The molecule has 0 aliphatic carbocycles. The van der Waals surface area contributed by atoms with Gasteiger partial charge in [-0.2, -0.15) is 0 Å². The number of hydrogen-bond donors (Lipinski definition) is 2. The highest BCUT2D eigenvalue weighted by atomic mass is 32.1. The van der Waals surface area contributed by atoms with Crippen molar-refractivity contribution < 1.29 is 9.90 Å². The number of rotatable bonds is 3. The monoisotopic (exact) mass is 286 g/mol. The molecule has 102 valence electrons. The van der Waals surface area contributed by atoms with Gasteiger partial charge in [0, 0.05) is 18.4 Å². The van der Waals surface area contributed by atoms with Crippen LogP contribution in [0.25, 0.3) is 0 Å². The summed E-state index contributed by atoms with van der Waals surface area (Å²) in [6.45, 7) is 2.18. The van der Waals surface area contributed by atoms with Gasteiger partial charge in [0.1, 0.15) is 6.61 Å². The van der Waals surface area contributed by atoms with Crippen LogP contribution in [0.1, 0.15) is 25.8 Å². The molecule has 0 fully saturated rings. The summed E-state index contributed by atoms with van der Waals surface area (Å²) in [5.41, 5.74) is 1.91. The zero-order valence-corrected chi connectivity index (χ0v) is 11.8. The highest BCUT2D eigenvalue weighted by Gasteiger charge is 2.08. The Morgan fingerprint density at radius 2 is 2.25 bits per heavy atom. The summed E-state index contributed by atoms with van der Waals surface area (Å²) < 4.78 is 0. The van der Waals surface area contributed by atoms with Crippen molar-refractivity contribution in [2.24, 2.45) is 0 Å². The molecule has 0 bridgehead atoms. The van der Waals surface area contributed by atoms with E-state index in [1.165, 1.54) is 11.3 Å². The van der Waals surface area contributed by atoms with Gasteiger partial charge in [-0.25, -0.2) is 0 Å². The minimum atomic E-state index is -0.181. The van der Waals surface area contributed by atoms with Crippen molar-refractivity contribution in [2.75, 3.05) is 6.61 Å². The van der Waals surface area contributed by atoms with Crippen molar-refractivity contribution in [1.82, 2.24) is 10.3 Å². The normalized spacial score (nSPS) is 9.70. The molecule has 5 heteroatoms. The van der Waals surface area contributed by atoms with Gasteiger partial charge in [0.05, 0.1) is 9.75 Å². The largest absolute Gasteiger partial charge is 0.384 e. The lowest BCUT2D eigenvalue weighted by Crippen LogP contribution is -2.21. The molecular formula is C15H14N2O2S. The molecule has 0 saturated heterocycles. The van der Waals surface area contributed by atoms with Crippen molar-refractivity contribution in [3.63, 3.8) is 0 Å². The number of thiophene rings is 1. The smallest absolute Gasteiger partial charge is 0.261 e. The first-order valence-electron chi connectivity index (χ1n) is 6.08. The standard InChI is InChI=1S/C15H14N2O2S/c1-11-4-5-12(9-16-11)10-17-15(19)14-7-6-13(20-14)3-2-8-18/h4-7,9,18H,8,10H2,1H3,(H,17,19). The van der Waals surface area contributed by atoms with Crippen LogP contribution in [0.15, 0.2) is 30.5 Å². The molecule has 20 heavy (non-hydrogen) atoms. The van der Waals surface area contributed by atoms with Crippen molar-refractivity contribution >= 4 is 17.2 Å². The molecule has 2 aromatic rings.